The summed E-state index contributed by atoms with van der Waals surface area (Å²) >= 11 is 0. The van der Waals surface area contributed by atoms with Gasteiger partial charge in [0.2, 0.25) is 0 Å². The Morgan fingerprint density at radius 3 is 2.42 bits per heavy atom. The highest BCUT2D eigenvalue weighted by Gasteiger charge is 2.08. The van der Waals surface area contributed by atoms with Gasteiger partial charge < -0.3 is 5.11 Å². The van der Waals surface area contributed by atoms with E-state index in [1.807, 2.05) is 17.8 Å². The van der Waals surface area contributed by atoms with E-state index in [1.165, 1.54) is 11.1 Å². The van der Waals surface area contributed by atoms with Crippen molar-refractivity contribution in [1.82, 2.24) is 9.78 Å². The minimum Gasteiger partial charge on any atom is -0.481 e. The molecule has 0 atom stereocenters. The van der Waals surface area contributed by atoms with Gasteiger partial charge in [-0.2, -0.15) is 5.10 Å². The van der Waals surface area contributed by atoms with Crippen LogP contribution in [0, 0.1) is 20.8 Å². The lowest BCUT2D eigenvalue weighted by Gasteiger charge is -2.04. The summed E-state index contributed by atoms with van der Waals surface area (Å²) in [4.78, 5) is 10.6. The van der Waals surface area contributed by atoms with Crippen molar-refractivity contribution < 1.29 is 9.90 Å². The van der Waals surface area contributed by atoms with Gasteiger partial charge in [-0.15, -0.1) is 0 Å². The third kappa shape index (κ3) is 3.22. The first-order valence-electron chi connectivity index (χ1n) is 6.31. The van der Waals surface area contributed by atoms with Crippen LogP contribution in [0.4, 0.5) is 0 Å². The predicted molar refractivity (Wildman–Crippen MR) is 73.7 cm³/mol. The second-order valence-electron chi connectivity index (χ2n) is 4.92. The van der Waals surface area contributed by atoms with Crippen molar-refractivity contribution in [1.29, 1.82) is 0 Å². The smallest absolute Gasteiger partial charge is 0.303 e. The number of carboxylic acid groups (broad SMARTS) is 1. The molecule has 0 spiro atoms. The maximum atomic E-state index is 10.6. The highest BCUT2D eigenvalue weighted by molar-refractivity contribution is 5.67. The molecule has 0 saturated heterocycles. The van der Waals surface area contributed by atoms with Gasteiger partial charge in [-0.25, -0.2) is 4.68 Å². The van der Waals surface area contributed by atoms with Crippen LogP contribution in [0.3, 0.4) is 0 Å². The lowest BCUT2D eigenvalue weighted by Crippen LogP contribution is -1.97. The van der Waals surface area contributed by atoms with E-state index < -0.39 is 5.97 Å². The third-order valence-corrected chi connectivity index (χ3v) is 3.08. The Labute approximate surface area is 112 Å². The SMILES string of the molecule is Cc1cc(C)cc(-n2cc(CCC(=O)O)c(C)n2)c1. The quantitative estimate of drug-likeness (QED) is 0.917. The van der Waals surface area contributed by atoms with Crippen LogP contribution in [0.1, 0.15) is 28.8 Å². The molecule has 4 nitrogen and oxygen atoms in total. The fourth-order valence-corrected chi connectivity index (χ4v) is 2.20. The Morgan fingerprint density at radius 2 is 1.84 bits per heavy atom. The third-order valence-electron chi connectivity index (χ3n) is 3.08. The van der Waals surface area contributed by atoms with Gasteiger partial charge >= 0.3 is 5.97 Å². The van der Waals surface area contributed by atoms with E-state index in [4.69, 9.17) is 5.11 Å². The number of carbonyl (C=O) groups is 1. The van der Waals surface area contributed by atoms with Crippen molar-refractivity contribution in [3.63, 3.8) is 0 Å². The van der Waals surface area contributed by atoms with Gasteiger partial charge in [0.05, 0.1) is 11.4 Å². The molecule has 0 aliphatic carbocycles. The topological polar surface area (TPSA) is 55.1 Å². The summed E-state index contributed by atoms with van der Waals surface area (Å²) in [5.74, 6) is -0.779. The van der Waals surface area contributed by atoms with Crippen molar-refractivity contribution in [2.45, 2.75) is 33.6 Å². The van der Waals surface area contributed by atoms with Crippen molar-refractivity contribution in [2.75, 3.05) is 0 Å². The van der Waals surface area contributed by atoms with Gasteiger partial charge in [-0.05, 0) is 56.0 Å². The highest BCUT2D eigenvalue weighted by atomic mass is 16.4. The Morgan fingerprint density at radius 1 is 1.21 bits per heavy atom. The number of hydrogen-bond donors (Lipinski definition) is 1. The van der Waals surface area contributed by atoms with E-state index in [2.05, 4.69) is 37.1 Å². The van der Waals surface area contributed by atoms with Crippen LogP contribution in [0.2, 0.25) is 0 Å². The van der Waals surface area contributed by atoms with E-state index in [1.54, 1.807) is 0 Å². The van der Waals surface area contributed by atoms with Crippen LogP contribution >= 0.6 is 0 Å². The first kappa shape index (κ1) is 13.3. The zero-order chi connectivity index (χ0) is 14.0. The summed E-state index contributed by atoms with van der Waals surface area (Å²) in [6.07, 6.45) is 2.58. The van der Waals surface area contributed by atoms with Crippen LogP contribution in [0.25, 0.3) is 5.69 Å². The van der Waals surface area contributed by atoms with Gasteiger partial charge in [0.15, 0.2) is 0 Å². The molecule has 0 aliphatic heterocycles. The van der Waals surface area contributed by atoms with E-state index in [-0.39, 0.29) is 6.42 Å². The second-order valence-corrected chi connectivity index (χ2v) is 4.92. The molecule has 0 unspecified atom stereocenters. The molecule has 19 heavy (non-hydrogen) atoms. The summed E-state index contributed by atoms with van der Waals surface area (Å²) in [6.45, 7) is 6.02. The standard InChI is InChI=1S/C15H18N2O2/c1-10-6-11(2)8-14(7-10)17-9-13(12(3)16-17)4-5-15(18)19/h6-9H,4-5H2,1-3H3,(H,18,19). The maximum absolute atomic E-state index is 10.6. The summed E-state index contributed by atoms with van der Waals surface area (Å²) in [5, 5.41) is 13.2. The number of aliphatic carboxylic acids is 1. The molecule has 1 N–H and O–H groups in total. The molecule has 0 fully saturated rings. The minimum absolute atomic E-state index is 0.138. The van der Waals surface area contributed by atoms with Gasteiger partial charge in [-0.3, -0.25) is 4.79 Å². The molecule has 2 rings (SSSR count). The van der Waals surface area contributed by atoms with Crippen molar-refractivity contribution in [2.24, 2.45) is 0 Å². The van der Waals surface area contributed by atoms with Gasteiger partial charge in [-0.1, -0.05) is 6.07 Å². The average molecular weight is 258 g/mol. The van der Waals surface area contributed by atoms with Gasteiger partial charge in [0.25, 0.3) is 0 Å². The van der Waals surface area contributed by atoms with Crippen LogP contribution in [0.5, 0.6) is 0 Å². The van der Waals surface area contributed by atoms with E-state index >= 15 is 0 Å². The highest BCUT2D eigenvalue weighted by Crippen LogP contribution is 2.16. The van der Waals surface area contributed by atoms with Gasteiger partial charge in [0, 0.05) is 12.6 Å². The molecule has 1 heterocycles. The normalized spacial score (nSPS) is 10.7. The molecule has 100 valence electrons. The van der Waals surface area contributed by atoms with Gasteiger partial charge in [0.1, 0.15) is 0 Å². The zero-order valence-corrected chi connectivity index (χ0v) is 11.5. The summed E-state index contributed by atoms with van der Waals surface area (Å²) in [7, 11) is 0. The number of aromatic nitrogens is 2. The fraction of sp³-hybridized carbons (Fsp3) is 0.333. The molecule has 0 aliphatic rings. The first-order chi connectivity index (χ1) is 8.95. The Kier molecular flexibility index (Phi) is 3.69. The number of hydrogen-bond acceptors (Lipinski definition) is 2. The Balaban J connectivity index is 2.30. The summed E-state index contributed by atoms with van der Waals surface area (Å²) in [5.41, 5.74) is 5.27. The lowest BCUT2D eigenvalue weighted by atomic mass is 10.1. The number of nitrogens with zero attached hydrogens (tertiary/aromatic N) is 2. The molecule has 1 aromatic carbocycles. The summed E-state index contributed by atoms with van der Waals surface area (Å²) in [6, 6.07) is 6.26. The maximum Gasteiger partial charge on any atom is 0.303 e. The molecule has 1 aromatic heterocycles. The molecule has 0 bridgehead atoms. The van der Waals surface area contributed by atoms with E-state index in [0.717, 1.165) is 16.9 Å². The van der Waals surface area contributed by atoms with Crippen molar-refractivity contribution in [3.8, 4) is 5.69 Å². The molecule has 0 radical (unpaired) electrons. The first-order valence-corrected chi connectivity index (χ1v) is 6.31. The van der Waals surface area contributed by atoms with E-state index in [0.29, 0.717) is 6.42 Å². The molecule has 0 saturated carbocycles. The Bertz CT molecular complexity index is 594. The lowest BCUT2D eigenvalue weighted by molar-refractivity contribution is -0.136. The second kappa shape index (κ2) is 5.26. The van der Waals surface area contributed by atoms with Crippen molar-refractivity contribution in [3.05, 3.63) is 46.8 Å². The Hall–Kier alpha value is -2.10. The van der Waals surface area contributed by atoms with E-state index in [9.17, 15) is 4.79 Å². The molecular weight excluding hydrogens is 240 g/mol. The summed E-state index contributed by atoms with van der Waals surface area (Å²) < 4.78 is 1.83. The zero-order valence-electron chi connectivity index (χ0n) is 11.5. The molecule has 4 heteroatoms. The molecular formula is C15H18N2O2. The number of carboxylic acids is 1. The van der Waals surface area contributed by atoms with Crippen LogP contribution in [-0.2, 0) is 11.2 Å². The average Bonchev–Trinajstić information content (AvgIpc) is 2.67. The van der Waals surface area contributed by atoms with Crippen LogP contribution < -0.4 is 0 Å². The molecule has 2 aromatic rings. The minimum atomic E-state index is -0.779. The van der Waals surface area contributed by atoms with Crippen LogP contribution in [0.15, 0.2) is 24.4 Å². The number of aryl methyl sites for hydroxylation is 4. The molecule has 0 amide bonds. The number of benzene rings is 1. The largest absolute Gasteiger partial charge is 0.481 e. The predicted octanol–water partition coefficient (Wildman–Crippen LogP) is 2.81. The fourth-order valence-electron chi connectivity index (χ4n) is 2.20. The van der Waals surface area contributed by atoms with Crippen LogP contribution in [-0.4, -0.2) is 20.9 Å². The number of rotatable bonds is 4. The van der Waals surface area contributed by atoms with Crippen molar-refractivity contribution >= 4 is 5.97 Å². The monoisotopic (exact) mass is 258 g/mol.